The molecule has 3 nitrogen and oxygen atoms in total. The lowest BCUT2D eigenvalue weighted by Gasteiger charge is -2.22. The van der Waals surface area contributed by atoms with Crippen molar-refractivity contribution in [3.8, 4) is 0 Å². The Balaban J connectivity index is 3.55. The van der Waals surface area contributed by atoms with Crippen LogP contribution in [0.4, 0.5) is 0 Å². The van der Waals surface area contributed by atoms with Gasteiger partial charge in [0.05, 0.1) is 4.90 Å². The highest BCUT2D eigenvalue weighted by molar-refractivity contribution is 7.85. The van der Waals surface area contributed by atoms with E-state index in [9.17, 15) is 13.0 Å². The lowest BCUT2D eigenvalue weighted by Crippen LogP contribution is -2.17. The van der Waals surface area contributed by atoms with Gasteiger partial charge in [-0.15, -0.1) is 0 Å². The van der Waals surface area contributed by atoms with Crippen molar-refractivity contribution in [2.24, 2.45) is 0 Å². The molecule has 0 unspecified atom stereocenters. The van der Waals surface area contributed by atoms with Crippen LogP contribution >= 0.6 is 0 Å². The number of hydrogen-bond acceptors (Lipinski definition) is 2. The van der Waals surface area contributed by atoms with Gasteiger partial charge in [0.15, 0.2) is 0 Å². The van der Waals surface area contributed by atoms with E-state index in [1.807, 2.05) is 40.7 Å². The minimum Gasteiger partial charge on any atom is -0.282 e. The predicted octanol–water partition coefficient (Wildman–Crippen LogP) is 3.35. The van der Waals surface area contributed by atoms with Crippen LogP contribution < -0.4 is 0 Å². The third-order valence-corrected chi connectivity index (χ3v) is 3.65. The zero-order valence-electron chi connectivity index (χ0n) is 11.0. The maximum absolute atomic E-state index is 11.4. The summed E-state index contributed by atoms with van der Waals surface area (Å²) in [6.45, 7) is 9.74. The molecule has 0 aliphatic heterocycles. The third kappa shape index (κ3) is 3.30. The summed E-state index contributed by atoms with van der Waals surface area (Å²) >= 11 is 0. The Hall–Kier alpha value is -0.870. The standard InChI is InChI=1S/C13H20O3S/c1-9(2)10-6-7-11(13(3,4)5)12(8-10)17(14,15)16/h6-9H,1-5H3,(H,14,15,16). The number of rotatable bonds is 2. The monoisotopic (exact) mass is 256 g/mol. The third-order valence-electron chi connectivity index (χ3n) is 2.76. The van der Waals surface area contributed by atoms with Gasteiger partial charge in [-0.1, -0.05) is 46.8 Å². The van der Waals surface area contributed by atoms with E-state index < -0.39 is 10.1 Å². The zero-order chi connectivity index (χ0) is 13.4. The molecule has 0 saturated carbocycles. The maximum Gasteiger partial charge on any atom is 0.294 e. The quantitative estimate of drug-likeness (QED) is 0.825. The summed E-state index contributed by atoms with van der Waals surface area (Å²) in [7, 11) is -4.17. The summed E-state index contributed by atoms with van der Waals surface area (Å²) in [6, 6.07) is 5.28. The van der Waals surface area contributed by atoms with E-state index in [0.717, 1.165) is 5.56 Å². The minimum atomic E-state index is -4.17. The smallest absolute Gasteiger partial charge is 0.282 e. The van der Waals surface area contributed by atoms with Crippen LogP contribution in [-0.2, 0) is 15.5 Å². The van der Waals surface area contributed by atoms with Crippen LogP contribution in [0.25, 0.3) is 0 Å². The topological polar surface area (TPSA) is 54.4 Å². The summed E-state index contributed by atoms with van der Waals surface area (Å²) in [5.41, 5.74) is 1.23. The molecular formula is C13H20O3S. The van der Waals surface area contributed by atoms with E-state index >= 15 is 0 Å². The van der Waals surface area contributed by atoms with Crippen molar-refractivity contribution in [3.63, 3.8) is 0 Å². The first-order valence-corrected chi connectivity index (χ1v) is 7.09. The van der Waals surface area contributed by atoms with Crippen molar-refractivity contribution in [2.45, 2.75) is 50.8 Å². The Labute approximate surface area is 104 Å². The molecule has 0 aliphatic rings. The lowest BCUT2D eigenvalue weighted by molar-refractivity contribution is 0.476. The fraction of sp³-hybridized carbons (Fsp3) is 0.538. The Kier molecular flexibility index (Phi) is 3.69. The highest BCUT2D eigenvalue weighted by Gasteiger charge is 2.24. The average Bonchev–Trinajstić information content (AvgIpc) is 2.14. The van der Waals surface area contributed by atoms with Gasteiger partial charge in [0.2, 0.25) is 0 Å². The largest absolute Gasteiger partial charge is 0.294 e. The second-order valence-corrected chi connectivity index (χ2v) is 7.03. The van der Waals surface area contributed by atoms with Crippen LogP contribution in [0.1, 0.15) is 51.7 Å². The SMILES string of the molecule is CC(C)c1ccc(C(C)(C)C)c(S(=O)(=O)O)c1. The molecule has 96 valence electrons. The van der Waals surface area contributed by atoms with E-state index in [4.69, 9.17) is 0 Å². The maximum atomic E-state index is 11.4. The molecule has 4 heteroatoms. The van der Waals surface area contributed by atoms with Gasteiger partial charge in [-0.3, -0.25) is 4.55 Å². The molecule has 0 aromatic heterocycles. The van der Waals surface area contributed by atoms with Crippen molar-refractivity contribution in [1.29, 1.82) is 0 Å². The first-order valence-electron chi connectivity index (χ1n) is 5.65. The molecule has 0 spiro atoms. The predicted molar refractivity (Wildman–Crippen MR) is 69.0 cm³/mol. The van der Waals surface area contributed by atoms with Gasteiger partial charge in [-0.25, -0.2) is 0 Å². The highest BCUT2D eigenvalue weighted by Crippen LogP contribution is 2.31. The van der Waals surface area contributed by atoms with Gasteiger partial charge >= 0.3 is 0 Å². The second kappa shape index (κ2) is 4.42. The molecule has 0 heterocycles. The van der Waals surface area contributed by atoms with Crippen LogP contribution in [0.5, 0.6) is 0 Å². The van der Waals surface area contributed by atoms with Crippen molar-refractivity contribution in [1.82, 2.24) is 0 Å². The number of hydrogen-bond donors (Lipinski definition) is 1. The molecular weight excluding hydrogens is 236 g/mol. The van der Waals surface area contributed by atoms with Crippen molar-refractivity contribution in [3.05, 3.63) is 29.3 Å². The fourth-order valence-corrected chi connectivity index (χ4v) is 2.67. The van der Waals surface area contributed by atoms with Crippen molar-refractivity contribution >= 4 is 10.1 Å². The molecule has 0 amide bonds. The van der Waals surface area contributed by atoms with Gasteiger partial charge in [0.1, 0.15) is 0 Å². The molecule has 0 fully saturated rings. The molecule has 1 aromatic rings. The first-order chi connectivity index (χ1) is 7.53. The molecule has 0 atom stereocenters. The van der Waals surface area contributed by atoms with E-state index in [2.05, 4.69) is 0 Å². The molecule has 0 saturated heterocycles. The molecule has 0 aliphatic carbocycles. The Bertz CT molecular complexity index is 508. The molecule has 0 bridgehead atoms. The molecule has 0 radical (unpaired) electrons. The lowest BCUT2D eigenvalue weighted by atomic mass is 9.86. The summed E-state index contributed by atoms with van der Waals surface area (Å²) in [5.74, 6) is 0.226. The van der Waals surface area contributed by atoms with E-state index in [-0.39, 0.29) is 16.2 Å². The molecule has 17 heavy (non-hydrogen) atoms. The van der Waals surface area contributed by atoms with Crippen molar-refractivity contribution in [2.75, 3.05) is 0 Å². The van der Waals surface area contributed by atoms with Gasteiger partial charge in [0, 0.05) is 0 Å². The average molecular weight is 256 g/mol. The fourth-order valence-electron chi connectivity index (χ4n) is 1.73. The van der Waals surface area contributed by atoms with Gasteiger partial charge < -0.3 is 0 Å². The van der Waals surface area contributed by atoms with Crippen LogP contribution in [0, 0.1) is 0 Å². The normalized spacial score (nSPS) is 13.1. The minimum absolute atomic E-state index is 0.0243. The Morgan fingerprint density at radius 3 is 2.06 bits per heavy atom. The Morgan fingerprint density at radius 1 is 1.18 bits per heavy atom. The van der Waals surface area contributed by atoms with Crippen LogP contribution in [0.15, 0.2) is 23.1 Å². The van der Waals surface area contributed by atoms with Gasteiger partial charge in [-0.05, 0) is 28.5 Å². The van der Waals surface area contributed by atoms with E-state index in [1.54, 1.807) is 12.1 Å². The summed E-state index contributed by atoms with van der Waals surface area (Å²) < 4.78 is 32.2. The van der Waals surface area contributed by atoms with E-state index in [1.165, 1.54) is 0 Å². The van der Waals surface area contributed by atoms with Crippen LogP contribution in [-0.4, -0.2) is 13.0 Å². The molecule has 1 aromatic carbocycles. The first kappa shape index (κ1) is 14.2. The molecule has 1 N–H and O–H groups in total. The van der Waals surface area contributed by atoms with Crippen molar-refractivity contribution < 1.29 is 13.0 Å². The summed E-state index contributed by atoms with van der Waals surface area (Å²) in [5, 5.41) is 0. The number of benzene rings is 1. The highest BCUT2D eigenvalue weighted by atomic mass is 32.2. The zero-order valence-corrected chi connectivity index (χ0v) is 11.8. The molecule has 1 rings (SSSR count). The summed E-state index contributed by atoms with van der Waals surface area (Å²) in [6.07, 6.45) is 0. The van der Waals surface area contributed by atoms with E-state index in [0.29, 0.717) is 5.56 Å². The second-order valence-electron chi connectivity index (χ2n) is 5.64. The van der Waals surface area contributed by atoms with Crippen LogP contribution in [0.2, 0.25) is 0 Å². The Morgan fingerprint density at radius 2 is 1.71 bits per heavy atom. The van der Waals surface area contributed by atoms with Gasteiger partial charge in [-0.2, -0.15) is 8.42 Å². The van der Waals surface area contributed by atoms with Gasteiger partial charge in [0.25, 0.3) is 10.1 Å². The van der Waals surface area contributed by atoms with Crippen LogP contribution in [0.3, 0.4) is 0 Å². The summed E-state index contributed by atoms with van der Waals surface area (Å²) in [4.78, 5) is 0.0243.